The average molecular weight is 467 g/mol. The van der Waals surface area contributed by atoms with Crippen LogP contribution in [0.25, 0.3) is 21.1 Å². The van der Waals surface area contributed by atoms with Gasteiger partial charge in [0.25, 0.3) is 5.91 Å². The minimum Gasteiger partial charge on any atom is -0.356 e. The highest BCUT2D eigenvalue weighted by molar-refractivity contribution is 7.13. The molecule has 1 aliphatic rings. The number of likely N-dealkylation sites (tertiary alicyclic amines) is 1. The number of piperidine rings is 1. The largest absolute Gasteiger partial charge is 0.356 e. The SMILES string of the molecule is CN(CCCCN1CCC(c2noc3cc(F)ccc23)CC1)C(=O)c1nsc2ccccc12. The Morgan fingerprint density at radius 1 is 1.18 bits per heavy atom. The van der Waals surface area contributed by atoms with Crippen LogP contribution in [0.4, 0.5) is 4.39 Å². The lowest BCUT2D eigenvalue weighted by Crippen LogP contribution is -2.34. The second kappa shape index (κ2) is 9.57. The molecule has 0 bridgehead atoms. The highest BCUT2D eigenvalue weighted by Gasteiger charge is 2.25. The molecule has 0 aliphatic carbocycles. The number of hydrogen-bond donors (Lipinski definition) is 0. The molecule has 1 amide bonds. The van der Waals surface area contributed by atoms with Gasteiger partial charge in [-0.3, -0.25) is 4.79 Å². The fraction of sp³-hybridized carbons (Fsp3) is 0.400. The molecule has 4 aromatic rings. The Balaban J connectivity index is 1.07. The number of unbranched alkanes of at least 4 members (excludes halogenated alkanes) is 1. The second-order valence-electron chi connectivity index (χ2n) is 8.79. The lowest BCUT2D eigenvalue weighted by Gasteiger charge is -2.31. The van der Waals surface area contributed by atoms with Crippen molar-refractivity contribution in [3.05, 3.63) is 59.7 Å². The van der Waals surface area contributed by atoms with Gasteiger partial charge in [0, 0.05) is 36.3 Å². The predicted molar refractivity (Wildman–Crippen MR) is 128 cm³/mol. The van der Waals surface area contributed by atoms with E-state index in [2.05, 4.69) is 14.4 Å². The van der Waals surface area contributed by atoms with Gasteiger partial charge in [-0.15, -0.1) is 0 Å². The number of fused-ring (bicyclic) bond motifs is 2. The van der Waals surface area contributed by atoms with Crippen molar-refractivity contribution in [3.63, 3.8) is 0 Å². The summed E-state index contributed by atoms with van der Waals surface area (Å²) in [7, 11) is 1.86. The first kappa shape index (κ1) is 22.0. The summed E-state index contributed by atoms with van der Waals surface area (Å²) in [5.41, 5.74) is 2.04. The Hall–Kier alpha value is -2.84. The number of halogens is 1. The highest BCUT2D eigenvalue weighted by atomic mass is 32.1. The molecule has 0 radical (unpaired) electrons. The van der Waals surface area contributed by atoms with E-state index in [9.17, 15) is 9.18 Å². The van der Waals surface area contributed by atoms with E-state index >= 15 is 0 Å². The van der Waals surface area contributed by atoms with Crippen LogP contribution in [0.3, 0.4) is 0 Å². The quantitative estimate of drug-likeness (QED) is 0.346. The van der Waals surface area contributed by atoms with E-state index in [1.165, 1.54) is 23.7 Å². The van der Waals surface area contributed by atoms with E-state index < -0.39 is 0 Å². The molecule has 5 rings (SSSR count). The lowest BCUT2D eigenvalue weighted by molar-refractivity contribution is 0.0788. The summed E-state index contributed by atoms with van der Waals surface area (Å²) in [6.45, 7) is 3.78. The number of nitrogens with zero attached hydrogens (tertiary/aromatic N) is 4. The number of carbonyl (C=O) groups excluding carboxylic acids is 1. The van der Waals surface area contributed by atoms with Gasteiger partial charge in [-0.1, -0.05) is 23.4 Å². The van der Waals surface area contributed by atoms with Crippen LogP contribution in [0.15, 0.2) is 47.0 Å². The van der Waals surface area contributed by atoms with Crippen molar-refractivity contribution in [2.75, 3.05) is 33.2 Å². The van der Waals surface area contributed by atoms with E-state index in [0.717, 1.165) is 73.0 Å². The molecule has 3 heterocycles. The fourth-order valence-corrected chi connectivity index (χ4v) is 5.43. The molecule has 6 nitrogen and oxygen atoms in total. The molecule has 33 heavy (non-hydrogen) atoms. The van der Waals surface area contributed by atoms with Gasteiger partial charge < -0.3 is 14.3 Å². The number of amides is 1. The lowest BCUT2D eigenvalue weighted by atomic mass is 9.91. The van der Waals surface area contributed by atoms with Gasteiger partial charge in [0.15, 0.2) is 5.58 Å². The zero-order valence-electron chi connectivity index (χ0n) is 18.7. The van der Waals surface area contributed by atoms with Gasteiger partial charge in [-0.2, -0.15) is 4.37 Å². The third-order valence-electron chi connectivity index (χ3n) is 6.58. The summed E-state index contributed by atoms with van der Waals surface area (Å²) in [4.78, 5) is 17.1. The van der Waals surface area contributed by atoms with Crippen molar-refractivity contribution >= 4 is 38.5 Å². The molecule has 0 atom stereocenters. The zero-order valence-corrected chi connectivity index (χ0v) is 19.5. The second-order valence-corrected chi connectivity index (χ2v) is 9.59. The van der Waals surface area contributed by atoms with Crippen LogP contribution >= 0.6 is 11.5 Å². The molecule has 1 saturated heterocycles. The Morgan fingerprint density at radius 3 is 2.85 bits per heavy atom. The summed E-state index contributed by atoms with van der Waals surface area (Å²) in [6.07, 6.45) is 4.05. The molecule has 8 heteroatoms. The van der Waals surface area contributed by atoms with Crippen molar-refractivity contribution in [1.29, 1.82) is 0 Å². The Bertz CT molecular complexity index is 1260. The maximum atomic E-state index is 13.4. The first-order valence-electron chi connectivity index (χ1n) is 11.5. The Labute approximate surface area is 196 Å². The van der Waals surface area contributed by atoms with Gasteiger partial charge >= 0.3 is 0 Å². The third-order valence-corrected chi connectivity index (χ3v) is 7.41. The number of rotatable bonds is 7. The molecule has 1 fully saturated rings. The molecule has 172 valence electrons. The Morgan fingerprint density at radius 2 is 2.00 bits per heavy atom. The molecule has 2 aromatic carbocycles. The highest BCUT2D eigenvalue weighted by Crippen LogP contribution is 2.32. The van der Waals surface area contributed by atoms with E-state index in [4.69, 9.17) is 4.52 Å². The summed E-state index contributed by atoms with van der Waals surface area (Å²) >= 11 is 1.38. The zero-order chi connectivity index (χ0) is 22.8. The maximum absolute atomic E-state index is 13.4. The molecule has 1 aliphatic heterocycles. The molecule has 0 unspecified atom stereocenters. The number of benzene rings is 2. The number of aromatic nitrogens is 2. The molecule has 0 spiro atoms. The fourth-order valence-electron chi connectivity index (χ4n) is 4.66. The molecular weight excluding hydrogens is 439 g/mol. The van der Waals surface area contributed by atoms with Crippen LogP contribution in [0, 0.1) is 5.82 Å². The van der Waals surface area contributed by atoms with Crippen LogP contribution in [0.5, 0.6) is 0 Å². The van der Waals surface area contributed by atoms with Crippen LogP contribution in [-0.4, -0.2) is 58.5 Å². The summed E-state index contributed by atoms with van der Waals surface area (Å²) in [5.74, 6) is 0.0462. The third kappa shape index (κ3) is 4.63. The first-order chi connectivity index (χ1) is 16.1. The van der Waals surface area contributed by atoms with Crippen LogP contribution < -0.4 is 0 Å². The van der Waals surface area contributed by atoms with Crippen LogP contribution in [0.2, 0.25) is 0 Å². The van der Waals surface area contributed by atoms with Crippen molar-refractivity contribution in [3.8, 4) is 0 Å². The van der Waals surface area contributed by atoms with Gasteiger partial charge in [-0.05, 0) is 75.0 Å². The van der Waals surface area contributed by atoms with E-state index in [1.54, 1.807) is 11.0 Å². The van der Waals surface area contributed by atoms with Crippen molar-refractivity contribution < 1.29 is 13.7 Å². The topological polar surface area (TPSA) is 62.5 Å². The van der Waals surface area contributed by atoms with Gasteiger partial charge in [0.1, 0.15) is 11.5 Å². The first-order valence-corrected chi connectivity index (χ1v) is 12.2. The van der Waals surface area contributed by atoms with E-state index in [-0.39, 0.29) is 11.7 Å². The van der Waals surface area contributed by atoms with E-state index in [1.807, 2.05) is 31.3 Å². The minimum absolute atomic E-state index is 0.00650. The number of hydrogen-bond acceptors (Lipinski definition) is 6. The van der Waals surface area contributed by atoms with Crippen LogP contribution in [0.1, 0.15) is 47.8 Å². The molecule has 0 N–H and O–H groups in total. The van der Waals surface area contributed by atoms with Crippen LogP contribution in [-0.2, 0) is 0 Å². The monoisotopic (exact) mass is 466 g/mol. The normalized spacial score (nSPS) is 15.5. The van der Waals surface area contributed by atoms with Crippen molar-refractivity contribution in [1.82, 2.24) is 19.3 Å². The number of carbonyl (C=O) groups is 1. The maximum Gasteiger partial charge on any atom is 0.273 e. The van der Waals surface area contributed by atoms with E-state index in [0.29, 0.717) is 17.2 Å². The smallest absolute Gasteiger partial charge is 0.273 e. The molecular formula is C25H27FN4O2S. The van der Waals surface area contributed by atoms with Gasteiger partial charge in [0.05, 0.1) is 10.4 Å². The summed E-state index contributed by atoms with van der Waals surface area (Å²) in [5, 5.41) is 6.10. The van der Waals surface area contributed by atoms with Gasteiger partial charge in [-0.25, -0.2) is 4.39 Å². The standard InChI is InChI=1S/C25H27FN4O2S/c1-29(25(31)24-20-6-2-3-7-22(20)33-28-24)12-4-5-13-30-14-10-17(11-15-30)23-19-9-8-18(26)16-21(19)32-27-23/h2-3,6-9,16-17H,4-5,10-15H2,1H3. The average Bonchev–Trinajstić information content (AvgIpc) is 3.45. The minimum atomic E-state index is -0.299. The van der Waals surface area contributed by atoms with Gasteiger partial charge in [0.2, 0.25) is 0 Å². The molecule has 2 aromatic heterocycles. The summed E-state index contributed by atoms with van der Waals surface area (Å²) < 4.78 is 24.2. The molecule has 0 saturated carbocycles. The Kier molecular flexibility index (Phi) is 6.37. The van der Waals surface area contributed by atoms with Crippen molar-refractivity contribution in [2.45, 2.75) is 31.6 Å². The predicted octanol–water partition coefficient (Wildman–Crippen LogP) is 5.31. The summed E-state index contributed by atoms with van der Waals surface area (Å²) in [6, 6.07) is 12.5. The van der Waals surface area contributed by atoms with Crippen molar-refractivity contribution in [2.24, 2.45) is 0 Å².